The molecular weight excluding hydrogens is 335 g/mol. The van der Waals surface area contributed by atoms with Gasteiger partial charge in [0, 0.05) is 30.1 Å². The summed E-state index contributed by atoms with van der Waals surface area (Å²) in [7, 11) is 0. The van der Waals surface area contributed by atoms with Gasteiger partial charge in [0.15, 0.2) is 0 Å². The SMILES string of the molecule is CC1(C(=O)O)CCN(C(=O)NCC(C)(C)c2ccc(F)cc2Cl)C1. The Morgan fingerprint density at radius 2 is 2.12 bits per heavy atom. The third-order valence-corrected chi connectivity index (χ3v) is 4.93. The average molecular weight is 357 g/mol. The summed E-state index contributed by atoms with van der Waals surface area (Å²) < 4.78 is 13.2. The lowest BCUT2D eigenvalue weighted by molar-refractivity contribution is -0.147. The van der Waals surface area contributed by atoms with Gasteiger partial charge in [-0.25, -0.2) is 9.18 Å². The number of urea groups is 1. The van der Waals surface area contributed by atoms with Crippen molar-refractivity contribution >= 4 is 23.6 Å². The number of nitrogens with zero attached hydrogens (tertiary/aromatic N) is 1. The summed E-state index contributed by atoms with van der Waals surface area (Å²) in [6.07, 6.45) is 0.433. The fraction of sp³-hybridized carbons (Fsp3) is 0.529. The minimum Gasteiger partial charge on any atom is -0.481 e. The molecule has 5 nitrogen and oxygen atoms in total. The number of halogens is 2. The minimum atomic E-state index is -0.896. The number of likely N-dealkylation sites (tertiary alicyclic amines) is 1. The average Bonchev–Trinajstić information content (AvgIpc) is 2.88. The van der Waals surface area contributed by atoms with Crippen LogP contribution in [0.4, 0.5) is 9.18 Å². The molecule has 0 aliphatic carbocycles. The fourth-order valence-electron chi connectivity index (χ4n) is 2.85. The van der Waals surface area contributed by atoms with Crippen molar-refractivity contribution in [2.24, 2.45) is 5.41 Å². The molecule has 7 heteroatoms. The molecule has 1 aromatic carbocycles. The van der Waals surface area contributed by atoms with Gasteiger partial charge in [0.1, 0.15) is 5.82 Å². The number of carboxylic acid groups (broad SMARTS) is 1. The van der Waals surface area contributed by atoms with E-state index >= 15 is 0 Å². The minimum absolute atomic E-state index is 0.186. The molecule has 1 aromatic rings. The van der Waals surface area contributed by atoms with E-state index < -0.39 is 22.6 Å². The number of nitrogens with one attached hydrogen (secondary N) is 1. The zero-order valence-electron chi connectivity index (χ0n) is 14.0. The molecule has 1 heterocycles. The number of carbonyl (C=O) groups excluding carboxylic acids is 1. The Balaban J connectivity index is 1.99. The Morgan fingerprint density at radius 1 is 1.46 bits per heavy atom. The van der Waals surface area contributed by atoms with Gasteiger partial charge >= 0.3 is 12.0 Å². The maximum Gasteiger partial charge on any atom is 0.317 e. The van der Waals surface area contributed by atoms with Crippen molar-refractivity contribution in [3.8, 4) is 0 Å². The van der Waals surface area contributed by atoms with Crippen LogP contribution in [0.1, 0.15) is 32.8 Å². The van der Waals surface area contributed by atoms with Gasteiger partial charge in [0.2, 0.25) is 0 Å². The highest BCUT2D eigenvalue weighted by molar-refractivity contribution is 6.31. The van der Waals surface area contributed by atoms with E-state index in [0.717, 1.165) is 5.56 Å². The molecule has 24 heavy (non-hydrogen) atoms. The molecule has 2 N–H and O–H groups in total. The Morgan fingerprint density at radius 3 is 2.67 bits per heavy atom. The van der Waals surface area contributed by atoms with E-state index in [1.165, 1.54) is 17.0 Å². The van der Waals surface area contributed by atoms with Crippen LogP contribution in [-0.4, -0.2) is 41.6 Å². The molecular formula is C17H22ClFN2O3. The first-order valence-corrected chi connectivity index (χ1v) is 8.15. The van der Waals surface area contributed by atoms with Crippen LogP contribution in [0.2, 0.25) is 5.02 Å². The van der Waals surface area contributed by atoms with Crippen molar-refractivity contribution in [1.82, 2.24) is 10.2 Å². The van der Waals surface area contributed by atoms with Gasteiger partial charge in [-0.3, -0.25) is 4.79 Å². The Bertz CT molecular complexity index is 665. The predicted octanol–water partition coefficient (Wildman–Crippen LogP) is 3.26. The van der Waals surface area contributed by atoms with E-state index in [2.05, 4.69) is 5.32 Å². The second-order valence-electron chi connectivity index (χ2n) is 7.20. The van der Waals surface area contributed by atoms with Crippen LogP contribution >= 0.6 is 11.6 Å². The Hall–Kier alpha value is -1.82. The second-order valence-corrected chi connectivity index (χ2v) is 7.61. The summed E-state index contributed by atoms with van der Waals surface area (Å²) in [5, 5.41) is 12.4. The highest BCUT2D eigenvalue weighted by atomic mass is 35.5. The number of hydrogen-bond acceptors (Lipinski definition) is 2. The summed E-state index contributed by atoms with van der Waals surface area (Å²) in [6.45, 7) is 6.34. The highest BCUT2D eigenvalue weighted by Gasteiger charge is 2.42. The molecule has 0 aromatic heterocycles. The van der Waals surface area contributed by atoms with Gasteiger partial charge in [-0.15, -0.1) is 0 Å². The molecule has 132 valence electrons. The summed E-state index contributed by atoms with van der Waals surface area (Å²) in [6, 6.07) is 3.90. The monoisotopic (exact) mass is 356 g/mol. The van der Waals surface area contributed by atoms with Crippen molar-refractivity contribution in [2.75, 3.05) is 19.6 Å². The zero-order valence-corrected chi connectivity index (χ0v) is 14.8. The van der Waals surface area contributed by atoms with Gasteiger partial charge in [-0.2, -0.15) is 0 Å². The van der Waals surface area contributed by atoms with E-state index in [1.54, 1.807) is 13.0 Å². The first kappa shape index (κ1) is 18.5. The molecule has 2 rings (SSSR count). The van der Waals surface area contributed by atoms with Gasteiger partial charge in [-0.1, -0.05) is 31.5 Å². The normalized spacial score (nSPS) is 21.0. The van der Waals surface area contributed by atoms with E-state index in [9.17, 15) is 19.1 Å². The van der Waals surface area contributed by atoms with Crippen LogP contribution in [0.5, 0.6) is 0 Å². The van der Waals surface area contributed by atoms with Crippen molar-refractivity contribution < 1.29 is 19.1 Å². The van der Waals surface area contributed by atoms with Crippen LogP contribution < -0.4 is 5.32 Å². The van der Waals surface area contributed by atoms with Gasteiger partial charge in [0.25, 0.3) is 0 Å². The smallest absolute Gasteiger partial charge is 0.317 e. The van der Waals surface area contributed by atoms with Crippen LogP contribution in [0.25, 0.3) is 0 Å². The number of amides is 2. The van der Waals surface area contributed by atoms with Crippen LogP contribution in [0, 0.1) is 11.2 Å². The topological polar surface area (TPSA) is 69.6 Å². The van der Waals surface area contributed by atoms with E-state index in [0.29, 0.717) is 24.5 Å². The molecule has 1 fully saturated rings. The maximum absolute atomic E-state index is 13.2. The first-order chi connectivity index (χ1) is 11.0. The molecule has 0 bridgehead atoms. The molecule has 2 amide bonds. The van der Waals surface area contributed by atoms with Gasteiger partial charge in [0.05, 0.1) is 5.41 Å². The van der Waals surface area contributed by atoms with Crippen LogP contribution in [0.3, 0.4) is 0 Å². The molecule has 0 saturated carbocycles. The quantitative estimate of drug-likeness (QED) is 0.870. The largest absolute Gasteiger partial charge is 0.481 e. The van der Waals surface area contributed by atoms with Gasteiger partial charge in [-0.05, 0) is 31.0 Å². The zero-order chi connectivity index (χ0) is 18.1. The summed E-state index contributed by atoms with van der Waals surface area (Å²) in [4.78, 5) is 25.1. The third-order valence-electron chi connectivity index (χ3n) is 4.62. The highest BCUT2D eigenvalue weighted by Crippen LogP contribution is 2.31. The Labute approximate surface area is 145 Å². The number of carbonyl (C=O) groups is 2. The molecule has 1 saturated heterocycles. The number of aliphatic carboxylic acids is 1. The number of rotatable bonds is 4. The third kappa shape index (κ3) is 3.80. The Kier molecular flexibility index (Phi) is 5.08. The number of hydrogen-bond donors (Lipinski definition) is 2. The van der Waals surface area contributed by atoms with E-state index in [-0.39, 0.29) is 12.6 Å². The standard InChI is InChI=1S/C17H22ClFN2O3/c1-16(2,12-5-4-11(19)8-13(12)18)9-20-15(24)21-7-6-17(3,10-21)14(22)23/h4-5,8H,6-7,9-10H2,1-3H3,(H,20,24)(H,22,23). The number of carboxylic acids is 1. The second kappa shape index (κ2) is 6.59. The van der Waals surface area contributed by atoms with Crippen molar-refractivity contribution in [1.29, 1.82) is 0 Å². The summed E-state index contributed by atoms with van der Waals surface area (Å²) in [5.74, 6) is -1.30. The maximum atomic E-state index is 13.2. The first-order valence-electron chi connectivity index (χ1n) is 7.77. The fourth-order valence-corrected chi connectivity index (χ4v) is 3.27. The summed E-state index contributed by atoms with van der Waals surface area (Å²) in [5.41, 5.74) is -0.647. The van der Waals surface area contributed by atoms with Crippen LogP contribution in [-0.2, 0) is 10.2 Å². The lowest BCUT2D eigenvalue weighted by atomic mass is 9.84. The molecule has 1 aliphatic heterocycles. The molecule has 0 radical (unpaired) electrons. The van der Waals surface area contributed by atoms with E-state index in [1.807, 2.05) is 13.8 Å². The van der Waals surface area contributed by atoms with Crippen molar-refractivity contribution in [3.05, 3.63) is 34.6 Å². The lowest BCUT2D eigenvalue weighted by Crippen LogP contribution is -2.45. The van der Waals surface area contributed by atoms with E-state index in [4.69, 9.17) is 11.6 Å². The molecule has 0 spiro atoms. The molecule has 1 atom stereocenters. The molecule has 1 unspecified atom stereocenters. The molecule has 1 aliphatic rings. The number of benzene rings is 1. The van der Waals surface area contributed by atoms with Crippen molar-refractivity contribution in [3.63, 3.8) is 0 Å². The van der Waals surface area contributed by atoms with Gasteiger partial charge < -0.3 is 15.3 Å². The van der Waals surface area contributed by atoms with Crippen LogP contribution in [0.15, 0.2) is 18.2 Å². The lowest BCUT2D eigenvalue weighted by Gasteiger charge is -2.28. The van der Waals surface area contributed by atoms with Crippen molar-refractivity contribution in [2.45, 2.75) is 32.6 Å². The predicted molar refractivity (Wildman–Crippen MR) is 89.8 cm³/mol. The summed E-state index contributed by atoms with van der Waals surface area (Å²) >= 11 is 6.10.